The molecule has 0 fully saturated rings. The molecule has 0 aromatic heterocycles. The number of ether oxygens (including phenoxy) is 5. The van der Waals surface area contributed by atoms with Crippen LogP contribution >= 0.6 is 0 Å². The number of carbonyl (C=O) groups excluding carboxylic acids is 4. The van der Waals surface area contributed by atoms with Crippen LogP contribution in [0, 0.1) is 0 Å². The number of hydrogen-bond donors (Lipinski definition) is 0. The average Bonchev–Trinajstić information content (AvgIpc) is 3.19. The summed E-state index contributed by atoms with van der Waals surface area (Å²) in [6, 6.07) is 0. The van der Waals surface area contributed by atoms with Crippen LogP contribution in [0.3, 0.4) is 0 Å². The van der Waals surface area contributed by atoms with Crippen LogP contribution in [0.15, 0.2) is 33.8 Å². The lowest BCUT2D eigenvalue weighted by Gasteiger charge is -2.70. The molecule has 0 saturated heterocycles. The van der Waals surface area contributed by atoms with E-state index < -0.39 is 57.7 Å². The maximum atomic E-state index is 12.1. The minimum atomic E-state index is -1.17. The zero-order valence-corrected chi connectivity index (χ0v) is 28.5. The molecule has 0 unspecified atom stereocenters. The van der Waals surface area contributed by atoms with Gasteiger partial charge in [-0.05, 0) is 90.2 Å². The van der Waals surface area contributed by atoms with Gasteiger partial charge in [-0.1, -0.05) is 0 Å². The summed E-state index contributed by atoms with van der Waals surface area (Å²) < 4.78 is 23.8. The van der Waals surface area contributed by atoms with Gasteiger partial charge in [0.25, 0.3) is 0 Å². The van der Waals surface area contributed by atoms with Crippen LogP contribution in [-0.2, 0) is 42.9 Å². The second-order valence-corrected chi connectivity index (χ2v) is 13.7. The van der Waals surface area contributed by atoms with E-state index in [0.29, 0.717) is 0 Å². The molecule has 1 aliphatic rings. The highest BCUT2D eigenvalue weighted by Gasteiger charge is 2.62. The van der Waals surface area contributed by atoms with Gasteiger partial charge in [0.2, 0.25) is 0 Å². The van der Waals surface area contributed by atoms with Gasteiger partial charge >= 0.3 is 23.9 Å². The Bertz CT molecular complexity index is 1040. The van der Waals surface area contributed by atoms with Crippen molar-refractivity contribution in [1.29, 1.82) is 0 Å². The predicted octanol–water partition coefficient (Wildman–Crippen LogP) is 3.50. The van der Waals surface area contributed by atoms with Gasteiger partial charge in [0, 0.05) is 5.57 Å². The lowest BCUT2D eigenvalue weighted by molar-refractivity contribution is -1.08. The van der Waals surface area contributed by atoms with E-state index in [1.54, 1.807) is 0 Å². The molecule has 0 amide bonds. The van der Waals surface area contributed by atoms with Gasteiger partial charge in [0.1, 0.15) is 0 Å². The van der Waals surface area contributed by atoms with E-state index in [1.165, 1.54) is 0 Å². The molecule has 11 nitrogen and oxygen atoms in total. The van der Waals surface area contributed by atoms with Gasteiger partial charge in [-0.2, -0.15) is 0 Å². The Morgan fingerprint density at radius 3 is 0.810 bits per heavy atom. The first-order valence-electron chi connectivity index (χ1n) is 13.5. The van der Waals surface area contributed by atoms with E-state index in [0.717, 1.165) is 40.0 Å². The molecule has 0 saturated carbocycles. The third-order valence-electron chi connectivity index (χ3n) is 7.22. The van der Waals surface area contributed by atoms with Crippen molar-refractivity contribution in [2.24, 2.45) is 0 Å². The maximum absolute atomic E-state index is 12.1. The van der Waals surface area contributed by atoms with Crippen molar-refractivity contribution in [2.45, 2.75) is 105 Å². The number of carbonyl (C=O) groups is 4. The Morgan fingerprint density at radius 1 is 0.452 bits per heavy atom. The average molecular weight is 598 g/mol. The standard InChI is InChI=1S/C16H36N.C15H16O10/c1-13(2,3)17(14(4,5)6,15(7,8)9)16(10,11)12;1-21-11(16)6-7(12(17)22-2)9(14(19)24-4)10(15(20)25-5)8(6)13(18)23-3/h1-12H3;16H,1-5H3/q+1;/p-1. The zero-order chi connectivity index (χ0) is 33.8. The lowest BCUT2D eigenvalue weighted by atomic mass is 9.75. The first-order valence-corrected chi connectivity index (χ1v) is 13.5. The molecule has 0 aliphatic heterocycles. The second kappa shape index (κ2) is 13.3. The molecule has 0 spiro atoms. The normalized spacial score (nSPS) is 14.5. The number of methoxy groups -OCH3 is 5. The Morgan fingerprint density at radius 2 is 0.667 bits per heavy atom. The van der Waals surface area contributed by atoms with E-state index in [2.05, 4.69) is 107 Å². The molecule has 0 radical (unpaired) electrons. The van der Waals surface area contributed by atoms with Gasteiger partial charge in [-0.3, -0.25) is 0 Å². The summed E-state index contributed by atoms with van der Waals surface area (Å²) in [5, 5.41) is 12.1. The molecule has 0 N–H and O–H groups in total. The SMILES string of the molecule is CC(C)(C)[N+](C(C)(C)C)(C(C)(C)C)C(C)(C)C.COC(=O)C1=C(C(=O)OC)C(C(=O)OC)=C(C(=O)OC)C1=C([O-])OC. The summed E-state index contributed by atoms with van der Waals surface area (Å²) in [6.07, 6.45) is 0. The lowest BCUT2D eigenvalue weighted by Crippen LogP contribution is -2.82. The Kier molecular flexibility index (Phi) is 12.3. The van der Waals surface area contributed by atoms with Crippen LogP contribution in [0.5, 0.6) is 0 Å². The quantitative estimate of drug-likeness (QED) is 0.200. The number of hydrogen-bond acceptors (Lipinski definition) is 10. The zero-order valence-electron chi connectivity index (χ0n) is 28.5. The van der Waals surface area contributed by atoms with Gasteiger partial charge in [0.05, 0.1) is 78.8 Å². The molecule has 11 heteroatoms. The van der Waals surface area contributed by atoms with Crippen LogP contribution in [0.1, 0.15) is 83.1 Å². The highest BCUT2D eigenvalue weighted by atomic mass is 16.6. The third kappa shape index (κ3) is 6.82. The first-order chi connectivity index (χ1) is 18.8. The summed E-state index contributed by atoms with van der Waals surface area (Å²) >= 11 is 0. The smallest absolute Gasteiger partial charge is 0.339 e. The van der Waals surface area contributed by atoms with Crippen LogP contribution in [-0.4, -0.2) is 86.1 Å². The Hall–Kier alpha value is -3.34. The molecular formula is C31H51NO10. The van der Waals surface area contributed by atoms with Crippen molar-refractivity contribution >= 4 is 23.9 Å². The van der Waals surface area contributed by atoms with Gasteiger partial charge in [0.15, 0.2) is 0 Å². The minimum Gasteiger partial charge on any atom is -0.616 e. The van der Waals surface area contributed by atoms with E-state index in [-0.39, 0.29) is 22.2 Å². The van der Waals surface area contributed by atoms with E-state index in [4.69, 9.17) is 0 Å². The van der Waals surface area contributed by atoms with Crippen molar-refractivity contribution in [3.8, 4) is 0 Å². The summed E-state index contributed by atoms with van der Waals surface area (Å²) in [6.45, 7) is 28.6. The number of nitrogens with zero attached hydrogens (tertiary/aromatic N) is 1. The molecule has 240 valence electrons. The van der Waals surface area contributed by atoms with E-state index >= 15 is 0 Å². The summed E-state index contributed by atoms with van der Waals surface area (Å²) in [5.41, 5.74) is -2.51. The molecule has 0 aromatic carbocycles. The largest absolute Gasteiger partial charge is 0.616 e. The van der Waals surface area contributed by atoms with E-state index in [1.807, 2.05) is 0 Å². The van der Waals surface area contributed by atoms with Gasteiger partial charge in [-0.25, -0.2) is 19.2 Å². The fraction of sp³-hybridized carbons (Fsp3) is 0.677. The van der Waals surface area contributed by atoms with Crippen molar-refractivity contribution in [3.63, 3.8) is 0 Å². The fourth-order valence-electron chi connectivity index (χ4n) is 8.19. The molecular weight excluding hydrogens is 546 g/mol. The minimum absolute atomic E-state index is 0.203. The van der Waals surface area contributed by atoms with E-state index in [9.17, 15) is 24.3 Å². The second-order valence-electron chi connectivity index (χ2n) is 13.7. The number of esters is 4. The topological polar surface area (TPSA) is 137 Å². The van der Waals surface area contributed by atoms with Crippen LogP contribution in [0.2, 0.25) is 0 Å². The van der Waals surface area contributed by atoms with Crippen LogP contribution in [0.4, 0.5) is 0 Å². The molecule has 0 bridgehead atoms. The van der Waals surface area contributed by atoms with Crippen LogP contribution < -0.4 is 5.11 Å². The van der Waals surface area contributed by atoms with Crippen molar-refractivity contribution < 1.29 is 52.5 Å². The number of rotatable bonds is 5. The fourth-order valence-corrected chi connectivity index (χ4v) is 8.19. The Labute approximate surface area is 251 Å². The molecule has 0 heterocycles. The van der Waals surface area contributed by atoms with Crippen molar-refractivity contribution in [2.75, 3.05) is 35.5 Å². The predicted molar refractivity (Wildman–Crippen MR) is 155 cm³/mol. The van der Waals surface area contributed by atoms with Crippen molar-refractivity contribution in [3.05, 3.63) is 33.8 Å². The molecule has 42 heavy (non-hydrogen) atoms. The third-order valence-corrected chi connectivity index (χ3v) is 7.22. The Balaban J connectivity index is 0.000000865. The van der Waals surface area contributed by atoms with Gasteiger partial charge < -0.3 is 33.3 Å². The molecule has 0 aromatic rings. The molecule has 1 rings (SSSR count). The summed E-state index contributed by atoms with van der Waals surface area (Å²) in [7, 11) is 4.90. The monoisotopic (exact) mass is 597 g/mol. The summed E-state index contributed by atoms with van der Waals surface area (Å²) in [5.74, 6) is -5.83. The molecule has 1 aliphatic carbocycles. The maximum Gasteiger partial charge on any atom is 0.339 e. The highest BCUT2D eigenvalue weighted by Crippen LogP contribution is 2.50. The van der Waals surface area contributed by atoms with Crippen molar-refractivity contribution in [1.82, 2.24) is 0 Å². The highest BCUT2D eigenvalue weighted by molar-refractivity contribution is 6.22. The van der Waals surface area contributed by atoms with Gasteiger partial charge in [-0.15, -0.1) is 0 Å². The first kappa shape index (κ1) is 38.7. The van der Waals surface area contributed by atoms with Crippen LogP contribution in [0.25, 0.3) is 0 Å². The summed E-state index contributed by atoms with van der Waals surface area (Å²) in [4.78, 5) is 48.6. The molecule has 0 atom stereocenters. The number of quaternary nitrogens is 1.